The quantitative estimate of drug-likeness (QED) is 0.550. The van der Waals surface area contributed by atoms with Crippen LogP contribution < -0.4 is 0 Å². The summed E-state index contributed by atoms with van der Waals surface area (Å²) in [7, 11) is 0. The summed E-state index contributed by atoms with van der Waals surface area (Å²) in [5, 5.41) is 0. The van der Waals surface area contributed by atoms with Crippen molar-refractivity contribution in [2.45, 2.75) is 66.7 Å². The molecule has 0 unspecified atom stereocenters. The predicted molar refractivity (Wildman–Crippen MR) is 103 cm³/mol. The van der Waals surface area contributed by atoms with Crippen LogP contribution in [0.3, 0.4) is 0 Å². The van der Waals surface area contributed by atoms with Crippen LogP contribution in [-0.4, -0.2) is 0 Å². The SMILES string of the molecule is C.Cc1ccc(-c2ccc(C3CCC(C)CC3)cc2C)cc1C. The molecule has 1 aliphatic carbocycles. The summed E-state index contributed by atoms with van der Waals surface area (Å²) >= 11 is 0. The normalized spacial score (nSPS) is 20.9. The summed E-state index contributed by atoms with van der Waals surface area (Å²) in [5.74, 6) is 1.70. The van der Waals surface area contributed by atoms with Crippen molar-refractivity contribution in [1.29, 1.82) is 0 Å². The Morgan fingerprint density at radius 2 is 1.43 bits per heavy atom. The first-order valence-electron chi connectivity index (χ1n) is 8.73. The van der Waals surface area contributed by atoms with E-state index in [4.69, 9.17) is 0 Å². The second kappa shape index (κ2) is 7.34. The highest BCUT2D eigenvalue weighted by molar-refractivity contribution is 5.68. The third kappa shape index (κ3) is 3.86. The van der Waals surface area contributed by atoms with Crippen LogP contribution in [0.15, 0.2) is 36.4 Å². The maximum atomic E-state index is 2.44. The maximum absolute atomic E-state index is 2.44. The average molecular weight is 309 g/mol. The van der Waals surface area contributed by atoms with Gasteiger partial charge in [0.25, 0.3) is 0 Å². The first-order valence-corrected chi connectivity index (χ1v) is 8.73. The number of aryl methyl sites for hydroxylation is 3. The Morgan fingerprint density at radius 1 is 0.739 bits per heavy atom. The molecule has 1 fully saturated rings. The third-order valence-electron chi connectivity index (χ3n) is 5.56. The van der Waals surface area contributed by atoms with Gasteiger partial charge in [0.1, 0.15) is 0 Å². The van der Waals surface area contributed by atoms with Gasteiger partial charge in [-0.05, 0) is 78.8 Å². The summed E-state index contributed by atoms with van der Waals surface area (Å²) in [6.07, 6.45) is 5.51. The molecule has 124 valence electrons. The van der Waals surface area contributed by atoms with Crippen molar-refractivity contribution in [3.05, 3.63) is 58.7 Å². The van der Waals surface area contributed by atoms with Gasteiger partial charge in [-0.1, -0.05) is 63.6 Å². The van der Waals surface area contributed by atoms with Crippen molar-refractivity contribution in [3.63, 3.8) is 0 Å². The minimum atomic E-state index is 0. The van der Waals surface area contributed by atoms with Crippen molar-refractivity contribution in [3.8, 4) is 11.1 Å². The molecule has 23 heavy (non-hydrogen) atoms. The van der Waals surface area contributed by atoms with E-state index in [0.717, 1.165) is 11.8 Å². The standard InChI is InChI=1S/C22H28.CH4/c1-15-5-8-19(9-6-15)20-11-12-22(18(4)14-20)21-10-7-16(2)17(3)13-21;/h7,10-15,19H,5-6,8-9H2,1-4H3;1H4. The lowest BCUT2D eigenvalue weighted by Gasteiger charge is -2.27. The molecule has 0 N–H and O–H groups in total. The Labute approximate surface area is 143 Å². The van der Waals surface area contributed by atoms with Crippen molar-refractivity contribution in [2.24, 2.45) is 5.92 Å². The Hall–Kier alpha value is -1.56. The molecule has 0 spiro atoms. The summed E-state index contributed by atoms with van der Waals surface area (Å²) in [6, 6.07) is 14.0. The number of hydrogen-bond donors (Lipinski definition) is 0. The Balaban J connectivity index is 0.00000192. The van der Waals surface area contributed by atoms with Gasteiger partial charge in [0, 0.05) is 0 Å². The van der Waals surface area contributed by atoms with Gasteiger partial charge in [-0.3, -0.25) is 0 Å². The molecule has 0 atom stereocenters. The smallest absolute Gasteiger partial charge is 0.0154 e. The van der Waals surface area contributed by atoms with Crippen LogP contribution in [0.25, 0.3) is 11.1 Å². The topological polar surface area (TPSA) is 0 Å². The van der Waals surface area contributed by atoms with Gasteiger partial charge in [0.2, 0.25) is 0 Å². The average Bonchev–Trinajstić information content (AvgIpc) is 2.51. The fraction of sp³-hybridized carbons (Fsp3) is 0.478. The van der Waals surface area contributed by atoms with Crippen LogP contribution in [0, 0.1) is 26.7 Å². The molecule has 0 amide bonds. The first-order chi connectivity index (χ1) is 10.5. The van der Waals surface area contributed by atoms with Gasteiger partial charge in [-0.25, -0.2) is 0 Å². The van der Waals surface area contributed by atoms with Crippen molar-refractivity contribution < 1.29 is 0 Å². The molecule has 2 aromatic carbocycles. The van der Waals surface area contributed by atoms with Gasteiger partial charge >= 0.3 is 0 Å². The minimum Gasteiger partial charge on any atom is -0.0776 e. The summed E-state index contributed by atoms with van der Waals surface area (Å²) < 4.78 is 0. The van der Waals surface area contributed by atoms with E-state index < -0.39 is 0 Å². The molecule has 0 heterocycles. The van der Waals surface area contributed by atoms with E-state index in [9.17, 15) is 0 Å². The zero-order chi connectivity index (χ0) is 15.7. The molecular formula is C23H32. The van der Waals surface area contributed by atoms with Crippen LogP contribution >= 0.6 is 0 Å². The van der Waals surface area contributed by atoms with Crippen LogP contribution in [0.4, 0.5) is 0 Å². The number of rotatable bonds is 2. The fourth-order valence-electron chi connectivity index (χ4n) is 3.77. The third-order valence-corrected chi connectivity index (χ3v) is 5.56. The lowest BCUT2D eigenvalue weighted by molar-refractivity contribution is 0.348. The van der Waals surface area contributed by atoms with Crippen LogP contribution in [-0.2, 0) is 0 Å². The van der Waals surface area contributed by atoms with E-state index in [1.54, 1.807) is 5.56 Å². The molecule has 0 radical (unpaired) electrons. The predicted octanol–water partition coefficient (Wildman–Crippen LogP) is 7.21. The van der Waals surface area contributed by atoms with Gasteiger partial charge in [-0.2, -0.15) is 0 Å². The maximum Gasteiger partial charge on any atom is -0.0154 e. The second-order valence-electron chi connectivity index (χ2n) is 7.33. The van der Waals surface area contributed by atoms with Crippen molar-refractivity contribution >= 4 is 0 Å². The molecule has 0 nitrogen and oxygen atoms in total. The molecule has 2 aromatic rings. The van der Waals surface area contributed by atoms with Gasteiger partial charge < -0.3 is 0 Å². The highest BCUT2D eigenvalue weighted by Crippen LogP contribution is 2.37. The Morgan fingerprint density at radius 3 is 2.04 bits per heavy atom. The lowest BCUT2D eigenvalue weighted by atomic mass is 9.79. The molecule has 0 bridgehead atoms. The molecular weight excluding hydrogens is 276 g/mol. The highest BCUT2D eigenvalue weighted by Gasteiger charge is 2.20. The first kappa shape index (κ1) is 17.8. The molecule has 0 aromatic heterocycles. The molecule has 0 heteroatoms. The molecule has 1 saturated carbocycles. The zero-order valence-electron chi connectivity index (χ0n) is 14.4. The summed E-state index contributed by atoms with van der Waals surface area (Å²) in [5.41, 5.74) is 8.45. The molecule has 1 aliphatic rings. The van der Waals surface area contributed by atoms with E-state index >= 15 is 0 Å². The van der Waals surface area contributed by atoms with Crippen LogP contribution in [0.1, 0.15) is 68.2 Å². The van der Waals surface area contributed by atoms with E-state index in [1.165, 1.54) is 53.5 Å². The Bertz CT molecular complexity index is 658. The van der Waals surface area contributed by atoms with Crippen LogP contribution in [0.2, 0.25) is 0 Å². The lowest BCUT2D eigenvalue weighted by Crippen LogP contribution is -2.10. The zero-order valence-corrected chi connectivity index (χ0v) is 14.4. The van der Waals surface area contributed by atoms with E-state index in [2.05, 4.69) is 64.1 Å². The fourth-order valence-corrected chi connectivity index (χ4v) is 3.77. The Kier molecular flexibility index (Phi) is 5.68. The van der Waals surface area contributed by atoms with Gasteiger partial charge in [0.05, 0.1) is 0 Å². The number of hydrogen-bond acceptors (Lipinski definition) is 0. The van der Waals surface area contributed by atoms with Crippen molar-refractivity contribution in [1.82, 2.24) is 0 Å². The van der Waals surface area contributed by atoms with E-state index in [1.807, 2.05) is 0 Å². The summed E-state index contributed by atoms with van der Waals surface area (Å²) in [4.78, 5) is 0. The minimum absolute atomic E-state index is 0. The highest BCUT2D eigenvalue weighted by atomic mass is 14.2. The number of benzene rings is 2. The van der Waals surface area contributed by atoms with E-state index in [0.29, 0.717) is 0 Å². The molecule has 0 saturated heterocycles. The molecule has 0 aliphatic heterocycles. The monoisotopic (exact) mass is 308 g/mol. The van der Waals surface area contributed by atoms with E-state index in [-0.39, 0.29) is 7.43 Å². The van der Waals surface area contributed by atoms with Crippen LogP contribution in [0.5, 0.6) is 0 Å². The molecule has 3 rings (SSSR count). The largest absolute Gasteiger partial charge is 0.0776 e. The summed E-state index contributed by atoms with van der Waals surface area (Å²) in [6.45, 7) is 9.04. The second-order valence-corrected chi connectivity index (χ2v) is 7.33. The van der Waals surface area contributed by atoms with Crippen molar-refractivity contribution in [2.75, 3.05) is 0 Å². The van der Waals surface area contributed by atoms with Gasteiger partial charge in [-0.15, -0.1) is 0 Å². The van der Waals surface area contributed by atoms with Gasteiger partial charge in [0.15, 0.2) is 0 Å².